The number of aryl methyl sites for hydroxylation is 1. The quantitative estimate of drug-likeness (QED) is 0.283. The van der Waals surface area contributed by atoms with Crippen LogP contribution in [-0.4, -0.2) is 31.1 Å². The maximum absolute atomic E-state index is 13.1. The number of alkyl halides is 3. The number of hydrogen-bond donors (Lipinski definition) is 3. The molecule has 0 fully saturated rings. The highest BCUT2D eigenvalue weighted by Crippen LogP contribution is 2.45. The van der Waals surface area contributed by atoms with Crippen molar-refractivity contribution in [3.63, 3.8) is 0 Å². The highest BCUT2D eigenvalue weighted by molar-refractivity contribution is 7.15. The summed E-state index contributed by atoms with van der Waals surface area (Å²) in [7, 11) is 0. The Balaban J connectivity index is 1.49. The lowest BCUT2D eigenvalue weighted by Gasteiger charge is -2.33. The number of aromatic nitrogens is 3. The predicted molar refractivity (Wildman–Crippen MR) is 137 cm³/mol. The van der Waals surface area contributed by atoms with E-state index in [4.69, 9.17) is 0 Å². The Morgan fingerprint density at radius 1 is 1.18 bits per heavy atom. The molecule has 0 radical (unpaired) electrons. The lowest BCUT2D eigenvalue weighted by atomic mass is 9.77. The van der Waals surface area contributed by atoms with Crippen LogP contribution in [0.15, 0.2) is 48.8 Å². The van der Waals surface area contributed by atoms with E-state index in [1.165, 1.54) is 23.5 Å². The Bertz CT molecular complexity index is 1650. The minimum absolute atomic E-state index is 0.0129. The minimum Gasteiger partial charge on any atom is -0.478 e. The third kappa shape index (κ3) is 4.94. The van der Waals surface area contributed by atoms with Crippen LogP contribution in [0.2, 0.25) is 0 Å². The van der Waals surface area contributed by atoms with Crippen molar-refractivity contribution in [3.8, 4) is 16.6 Å². The number of fused-ring (bicyclic) bond motifs is 1. The lowest BCUT2D eigenvalue weighted by molar-refractivity contribution is -0.137. The number of aromatic carboxylic acids is 1. The van der Waals surface area contributed by atoms with Gasteiger partial charge in [-0.05, 0) is 73.2 Å². The first-order valence-corrected chi connectivity index (χ1v) is 12.6. The predicted octanol–water partition coefficient (Wildman–Crippen LogP) is 5.81. The van der Waals surface area contributed by atoms with Gasteiger partial charge in [0.1, 0.15) is 28.3 Å². The van der Waals surface area contributed by atoms with Gasteiger partial charge in [0.2, 0.25) is 0 Å². The van der Waals surface area contributed by atoms with Crippen LogP contribution in [0.1, 0.15) is 56.0 Å². The number of thiazole rings is 1. The first-order chi connectivity index (χ1) is 18.5. The molecule has 3 aromatic heterocycles. The number of nitrogens with one attached hydrogen (secondary N) is 1. The van der Waals surface area contributed by atoms with Crippen LogP contribution in [0.5, 0.6) is 0 Å². The summed E-state index contributed by atoms with van der Waals surface area (Å²) < 4.78 is 39.3. The number of nitriles is 1. The Morgan fingerprint density at radius 3 is 2.69 bits per heavy atom. The van der Waals surface area contributed by atoms with Crippen molar-refractivity contribution in [1.29, 1.82) is 5.26 Å². The standard InChI is InChI=1S/C27H20F3N5O3S/c1-14-9-20(34-23(10-14)35-22-11-15(6-8-32-22)27(28,29)30)21-13-33-25(39-21)26(38)7-2-3-16-18(12-31)17(24(36)37)4-5-19(16)26/h4-6,8-11,13,38H,2-3,7H2,1H3,(H,36,37)(H,32,34,35). The number of carboxylic acids is 1. The number of rotatable bonds is 5. The monoisotopic (exact) mass is 551 g/mol. The van der Waals surface area contributed by atoms with Gasteiger partial charge in [-0.2, -0.15) is 18.4 Å². The summed E-state index contributed by atoms with van der Waals surface area (Å²) in [4.78, 5) is 25.1. The molecule has 1 aliphatic rings. The van der Waals surface area contributed by atoms with E-state index in [9.17, 15) is 33.4 Å². The summed E-state index contributed by atoms with van der Waals surface area (Å²) in [5.41, 5.74) is -0.211. The molecule has 0 amide bonds. The summed E-state index contributed by atoms with van der Waals surface area (Å²) >= 11 is 1.19. The molecule has 1 unspecified atom stereocenters. The van der Waals surface area contributed by atoms with Crippen molar-refractivity contribution in [2.45, 2.75) is 38.0 Å². The number of benzene rings is 1. The molecular weight excluding hydrogens is 531 g/mol. The number of aliphatic hydroxyl groups is 1. The van der Waals surface area contributed by atoms with Gasteiger partial charge in [0, 0.05) is 12.4 Å². The third-order valence-electron chi connectivity index (χ3n) is 6.49. The fourth-order valence-corrected chi connectivity index (χ4v) is 5.74. The number of anilines is 2. The second kappa shape index (κ2) is 9.76. The van der Waals surface area contributed by atoms with E-state index in [-0.39, 0.29) is 22.8 Å². The molecule has 1 atom stereocenters. The van der Waals surface area contributed by atoms with Crippen molar-refractivity contribution in [1.82, 2.24) is 15.0 Å². The smallest absolute Gasteiger partial charge is 0.416 e. The number of carboxylic acid groups (broad SMARTS) is 1. The van der Waals surface area contributed by atoms with Gasteiger partial charge in [-0.1, -0.05) is 6.07 Å². The number of halogens is 3. The van der Waals surface area contributed by atoms with Crippen LogP contribution in [0.4, 0.5) is 24.8 Å². The molecule has 1 aliphatic carbocycles. The second-order valence-corrected chi connectivity index (χ2v) is 10.2. The van der Waals surface area contributed by atoms with Gasteiger partial charge in [-0.3, -0.25) is 0 Å². The zero-order valence-electron chi connectivity index (χ0n) is 20.4. The average molecular weight is 552 g/mol. The molecule has 3 heterocycles. The highest BCUT2D eigenvalue weighted by atomic mass is 32.1. The lowest BCUT2D eigenvalue weighted by Crippen LogP contribution is -2.32. The molecule has 0 saturated carbocycles. The van der Waals surface area contributed by atoms with Crippen LogP contribution in [0.3, 0.4) is 0 Å². The van der Waals surface area contributed by atoms with E-state index in [1.807, 2.05) is 13.0 Å². The van der Waals surface area contributed by atoms with E-state index >= 15 is 0 Å². The van der Waals surface area contributed by atoms with Gasteiger partial charge in [0.05, 0.1) is 27.3 Å². The van der Waals surface area contributed by atoms with Crippen LogP contribution in [0.25, 0.3) is 10.6 Å². The molecule has 0 saturated heterocycles. The summed E-state index contributed by atoms with van der Waals surface area (Å²) in [6, 6.07) is 10.1. The molecule has 8 nitrogen and oxygen atoms in total. The largest absolute Gasteiger partial charge is 0.478 e. The molecule has 12 heteroatoms. The number of hydrogen-bond acceptors (Lipinski definition) is 8. The van der Waals surface area contributed by atoms with Crippen molar-refractivity contribution in [3.05, 3.63) is 87.2 Å². The SMILES string of the molecule is Cc1cc(Nc2cc(C(F)(F)F)ccn2)nc(-c2cnc(C3(O)CCCc4c3ccc(C(=O)O)c4C#N)s2)c1. The second-order valence-electron chi connectivity index (χ2n) is 9.14. The zero-order valence-corrected chi connectivity index (χ0v) is 21.2. The van der Waals surface area contributed by atoms with E-state index in [1.54, 1.807) is 18.3 Å². The van der Waals surface area contributed by atoms with Crippen molar-refractivity contribution >= 4 is 28.9 Å². The average Bonchev–Trinajstić information content (AvgIpc) is 3.39. The fraction of sp³-hybridized carbons (Fsp3) is 0.222. The molecule has 0 aliphatic heterocycles. The molecule has 1 aromatic carbocycles. The number of pyridine rings is 2. The van der Waals surface area contributed by atoms with E-state index in [2.05, 4.69) is 20.3 Å². The van der Waals surface area contributed by atoms with Crippen LogP contribution in [-0.2, 0) is 18.2 Å². The molecule has 39 heavy (non-hydrogen) atoms. The van der Waals surface area contributed by atoms with Gasteiger partial charge in [0.25, 0.3) is 0 Å². The Morgan fingerprint density at radius 2 is 1.97 bits per heavy atom. The molecule has 0 spiro atoms. The van der Waals surface area contributed by atoms with Gasteiger partial charge < -0.3 is 15.5 Å². The van der Waals surface area contributed by atoms with E-state index < -0.39 is 23.3 Å². The van der Waals surface area contributed by atoms with Crippen molar-refractivity contribution in [2.75, 3.05) is 5.32 Å². The fourth-order valence-electron chi connectivity index (χ4n) is 4.73. The van der Waals surface area contributed by atoms with Crippen LogP contribution >= 0.6 is 11.3 Å². The Kier molecular flexibility index (Phi) is 6.57. The Labute approximate surface area is 224 Å². The molecule has 5 rings (SSSR count). The molecule has 4 aromatic rings. The normalized spacial score (nSPS) is 16.8. The van der Waals surface area contributed by atoms with Gasteiger partial charge in [0.15, 0.2) is 0 Å². The Hall–Kier alpha value is -4.34. The molecule has 198 valence electrons. The van der Waals surface area contributed by atoms with Gasteiger partial charge >= 0.3 is 12.1 Å². The molecule has 0 bridgehead atoms. The van der Waals surface area contributed by atoms with Crippen molar-refractivity contribution < 1.29 is 28.2 Å². The summed E-state index contributed by atoms with van der Waals surface area (Å²) in [5.74, 6) is -0.940. The van der Waals surface area contributed by atoms with Gasteiger partial charge in [-0.15, -0.1) is 11.3 Å². The van der Waals surface area contributed by atoms with E-state index in [0.29, 0.717) is 46.0 Å². The topological polar surface area (TPSA) is 132 Å². The molecular formula is C27H20F3N5O3S. The number of nitrogens with zero attached hydrogens (tertiary/aromatic N) is 4. The van der Waals surface area contributed by atoms with Crippen LogP contribution in [0, 0.1) is 18.3 Å². The summed E-state index contributed by atoms with van der Waals surface area (Å²) in [6.45, 7) is 1.81. The van der Waals surface area contributed by atoms with Crippen LogP contribution < -0.4 is 5.32 Å². The number of carbonyl (C=O) groups is 1. The summed E-state index contributed by atoms with van der Waals surface area (Å²) in [6.07, 6.45) is -0.576. The highest BCUT2D eigenvalue weighted by Gasteiger charge is 2.40. The maximum atomic E-state index is 13.1. The minimum atomic E-state index is -4.51. The van der Waals surface area contributed by atoms with Gasteiger partial charge in [-0.25, -0.2) is 19.7 Å². The third-order valence-corrected chi connectivity index (χ3v) is 7.66. The first kappa shape index (κ1) is 26.3. The summed E-state index contributed by atoms with van der Waals surface area (Å²) in [5, 5.41) is 34.1. The van der Waals surface area contributed by atoms with Crippen molar-refractivity contribution in [2.24, 2.45) is 0 Å². The maximum Gasteiger partial charge on any atom is 0.416 e. The zero-order chi connectivity index (χ0) is 27.9. The molecule has 3 N–H and O–H groups in total. The first-order valence-electron chi connectivity index (χ1n) is 11.8. The van der Waals surface area contributed by atoms with E-state index in [0.717, 1.165) is 23.9 Å².